The molecular formula is C35H26N2O10. The van der Waals surface area contributed by atoms with Crippen molar-refractivity contribution in [3.63, 3.8) is 0 Å². The second-order valence-corrected chi connectivity index (χ2v) is 11.3. The number of cyclic esters (lactones) is 1. The van der Waals surface area contributed by atoms with Crippen molar-refractivity contribution in [1.82, 2.24) is 9.55 Å². The highest BCUT2D eigenvalue weighted by molar-refractivity contribution is 5.86. The molecule has 3 aromatic heterocycles. The van der Waals surface area contributed by atoms with Crippen LogP contribution in [0.3, 0.4) is 0 Å². The highest BCUT2D eigenvalue weighted by atomic mass is 16.6. The van der Waals surface area contributed by atoms with Gasteiger partial charge in [0.15, 0.2) is 22.9 Å². The molecule has 1 unspecified atom stereocenters. The molecule has 12 heteroatoms. The lowest BCUT2D eigenvalue weighted by Gasteiger charge is -2.31. The molecule has 0 radical (unpaired) electrons. The number of nitrogens with zero attached hydrogens (tertiary/aromatic N) is 2. The minimum absolute atomic E-state index is 0.0872. The molecule has 0 amide bonds. The van der Waals surface area contributed by atoms with E-state index in [1.807, 2.05) is 30.3 Å². The number of benzene rings is 3. The van der Waals surface area contributed by atoms with E-state index in [-0.39, 0.29) is 52.4 Å². The maximum Gasteiger partial charge on any atom is 0.343 e. The number of hydrogen-bond acceptors (Lipinski definition) is 11. The molecule has 3 aromatic carbocycles. The largest absolute Gasteiger partial charge is 0.508 e. The van der Waals surface area contributed by atoms with E-state index in [0.717, 1.165) is 28.2 Å². The van der Waals surface area contributed by atoms with Gasteiger partial charge in [0.2, 0.25) is 11.2 Å². The van der Waals surface area contributed by atoms with Crippen LogP contribution in [0.5, 0.6) is 23.0 Å². The molecule has 0 aliphatic carbocycles. The summed E-state index contributed by atoms with van der Waals surface area (Å²) >= 11 is 0. The highest BCUT2D eigenvalue weighted by Gasteiger charge is 2.45. The lowest BCUT2D eigenvalue weighted by Crippen LogP contribution is -2.44. The van der Waals surface area contributed by atoms with Gasteiger partial charge in [0.05, 0.1) is 34.4 Å². The molecule has 0 bridgehead atoms. The number of hydrogen-bond donors (Lipinski definition) is 5. The number of phenolic OH excluding ortho intramolecular Hbond substituents is 3. The van der Waals surface area contributed by atoms with Crippen LogP contribution in [0.1, 0.15) is 30.0 Å². The van der Waals surface area contributed by atoms with Gasteiger partial charge in [-0.3, -0.25) is 9.59 Å². The average molecular weight is 635 g/mol. The fourth-order valence-corrected chi connectivity index (χ4v) is 5.96. The predicted molar refractivity (Wildman–Crippen MR) is 169 cm³/mol. The lowest BCUT2D eigenvalue weighted by atomic mass is 9.86. The van der Waals surface area contributed by atoms with Crippen molar-refractivity contribution in [1.29, 1.82) is 0 Å². The van der Waals surface area contributed by atoms with Crippen LogP contribution in [0.25, 0.3) is 44.6 Å². The SMILES string of the molecule is CCC1(O)C(=O)OCc2c1cc1n(c2=O)Cc2cc3ccccc3nc2-1.O=c1c(O)c(-c2ccc(O)c(O)c2)oc2cc(O)ccc12. The molecule has 47 heavy (non-hydrogen) atoms. The smallest absolute Gasteiger partial charge is 0.343 e. The first-order valence-electron chi connectivity index (χ1n) is 14.6. The van der Waals surface area contributed by atoms with Crippen LogP contribution in [-0.2, 0) is 28.3 Å². The second kappa shape index (κ2) is 10.7. The Morgan fingerprint density at radius 1 is 0.915 bits per heavy atom. The summed E-state index contributed by atoms with van der Waals surface area (Å²) in [4.78, 5) is 42.0. The number of aromatic nitrogens is 2. The fourth-order valence-electron chi connectivity index (χ4n) is 5.96. The van der Waals surface area contributed by atoms with E-state index in [1.54, 1.807) is 17.6 Å². The van der Waals surface area contributed by atoms with Crippen LogP contribution in [0.2, 0.25) is 0 Å². The molecule has 236 valence electrons. The van der Waals surface area contributed by atoms with E-state index < -0.39 is 28.5 Å². The van der Waals surface area contributed by atoms with E-state index >= 15 is 0 Å². The Morgan fingerprint density at radius 2 is 1.70 bits per heavy atom. The Balaban J connectivity index is 0.000000153. The molecule has 1 atom stereocenters. The number of aliphatic hydroxyl groups is 1. The lowest BCUT2D eigenvalue weighted by molar-refractivity contribution is -0.172. The number of ether oxygens (including phenoxy) is 1. The van der Waals surface area contributed by atoms with Gasteiger partial charge in [-0.25, -0.2) is 9.78 Å². The van der Waals surface area contributed by atoms with Crippen LogP contribution in [0.15, 0.2) is 86.8 Å². The molecule has 0 saturated heterocycles. The number of carbonyl (C=O) groups is 1. The average Bonchev–Trinajstić information content (AvgIpc) is 3.43. The zero-order valence-corrected chi connectivity index (χ0v) is 24.7. The van der Waals surface area contributed by atoms with E-state index in [1.165, 1.54) is 30.3 Å². The standard InChI is InChI=1S/C20H16N2O4.C15H10O6/c1-2-20(25)14-8-16-17-12(7-11-5-3-4-6-15(11)21-17)9-22(16)18(23)13(14)10-26-19(20)24;16-8-2-3-9-12(6-8)21-15(14(20)13(9)19)7-1-4-10(17)11(18)5-7/h3-8,25H,2,9-10H2,1H3;1-6,16-18,20H. The number of carbonyl (C=O) groups excluding carboxylic acids is 1. The van der Waals surface area contributed by atoms with Crippen molar-refractivity contribution < 1.29 is 39.5 Å². The molecule has 2 aliphatic rings. The highest BCUT2D eigenvalue weighted by Crippen LogP contribution is 2.39. The molecule has 5 N–H and O–H groups in total. The first kappa shape index (κ1) is 29.6. The number of pyridine rings is 2. The second-order valence-electron chi connectivity index (χ2n) is 11.3. The Hall–Kier alpha value is -6.14. The van der Waals surface area contributed by atoms with Gasteiger partial charge in [0.25, 0.3) is 5.56 Å². The fraction of sp³-hybridized carbons (Fsp3) is 0.143. The molecule has 0 fully saturated rings. The van der Waals surface area contributed by atoms with Gasteiger partial charge >= 0.3 is 5.97 Å². The van der Waals surface area contributed by atoms with Crippen molar-refractivity contribution in [3.8, 4) is 45.7 Å². The number of para-hydroxylation sites is 1. The van der Waals surface area contributed by atoms with Gasteiger partial charge in [-0.2, -0.15) is 0 Å². The topological polar surface area (TPSA) is 193 Å². The van der Waals surface area contributed by atoms with Gasteiger partial charge in [-0.05, 0) is 55.0 Å². The minimum Gasteiger partial charge on any atom is -0.508 e. The maximum absolute atomic E-state index is 13.0. The molecule has 6 aromatic rings. The Morgan fingerprint density at radius 3 is 2.47 bits per heavy atom. The van der Waals surface area contributed by atoms with Gasteiger partial charge in [0, 0.05) is 28.1 Å². The molecule has 5 heterocycles. The maximum atomic E-state index is 13.0. The Kier molecular flexibility index (Phi) is 6.76. The van der Waals surface area contributed by atoms with Gasteiger partial charge in [0.1, 0.15) is 17.9 Å². The summed E-state index contributed by atoms with van der Waals surface area (Å²) in [5.74, 6) is -2.31. The zero-order valence-electron chi connectivity index (χ0n) is 24.7. The summed E-state index contributed by atoms with van der Waals surface area (Å²) in [5, 5.41) is 50.1. The summed E-state index contributed by atoms with van der Waals surface area (Å²) in [5.41, 5.74) is 1.47. The third-order valence-electron chi connectivity index (χ3n) is 8.51. The minimum atomic E-state index is -1.79. The summed E-state index contributed by atoms with van der Waals surface area (Å²) < 4.78 is 12.1. The van der Waals surface area contributed by atoms with Crippen molar-refractivity contribution >= 4 is 27.8 Å². The van der Waals surface area contributed by atoms with Crippen molar-refractivity contribution in [2.45, 2.75) is 32.1 Å². The van der Waals surface area contributed by atoms with Gasteiger partial charge in [-0.15, -0.1) is 0 Å². The summed E-state index contributed by atoms with van der Waals surface area (Å²) in [6, 6.07) is 19.2. The van der Waals surface area contributed by atoms with Crippen LogP contribution in [-0.4, -0.2) is 41.1 Å². The number of aromatic hydroxyl groups is 4. The Bertz CT molecular complexity index is 2410. The summed E-state index contributed by atoms with van der Waals surface area (Å²) in [6.45, 7) is 2.01. The van der Waals surface area contributed by atoms with Crippen LogP contribution in [0, 0.1) is 0 Å². The van der Waals surface area contributed by atoms with E-state index in [0.29, 0.717) is 23.4 Å². The number of fused-ring (bicyclic) bond motifs is 6. The summed E-state index contributed by atoms with van der Waals surface area (Å²) in [7, 11) is 0. The number of esters is 1. The first-order valence-corrected chi connectivity index (χ1v) is 14.6. The summed E-state index contributed by atoms with van der Waals surface area (Å²) in [6.07, 6.45) is 0.139. The molecule has 0 saturated carbocycles. The molecule has 0 spiro atoms. The molecule has 12 nitrogen and oxygen atoms in total. The van der Waals surface area contributed by atoms with Gasteiger partial charge < -0.3 is 39.3 Å². The van der Waals surface area contributed by atoms with E-state index in [9.17, 15) is 39.9 Å². The van der Waals surface area contributed by atoms with Crippen molar-refractivity contribution in [2.75, 3.05) is 0 Å². The van der Waals surface area contributed by atoms with Gasteiger partial charge in [-0.1, -0.05) is 25.1 Å². The third-order valence-corrected chi connectivity index (χ3v) is 8.51. The van der Waals surface area contributed by atoms with Crippen LogP contribution >= 0.6 is 0 Å². The zero-order chi connectivity index (χ0) is 33.2. The van der Waals surface area contributed by atoms with Crippen molar-refractivity contribution in [2.24, 2.45) is 0 Å². The molecule has 8 rings (SSSR count). The number of phenols is 3. The predicted octanol–water partition coefficient (Wildman–Crippen LogP) is 4.36. The van der Waals surface area contributed by atoms with E-state index in [4.69, 9.17) is 14.1 Å². The normalized spacial score (nSPS) is 16.2. The monoisotopic (exact) mass is 634 g/mol. The van der Waals surface area contributed by atoms with Crippen LogP contribution in [0.4, 0.5) is 0 Å². The Labute approximate surface area is 264 Å². The molecule has 2 aliphatic heterocycles. The van der Waals surface area contributed by atoms with Crippen LogP contribution < -0.4 is 11.0 Å². The molecular weight excluding hydrogens is 608 g/mol. The third kappa shape index (κ3) is 4.65. The quantitative estimate of drug-likeness (QED) is 0.134. The van der Waals surface area contributed by atoms with E-state index in [2.05, 4.69) is 0 Å². The number of rotatable bonds is 2. The van der Waals surface area contributed by atoms with Crippen molar-refractivity contribution in [3.05, 3.63) is 110 Å². The first-order chi connectivity index (χ1) is 22.5.